The molecular weight excluding hydrogens is 384 g/mol. The van der Waals surface area contributed by atoms with Gasteiger partial charge < -0.3 is 4.90 Å². The summed E-state index contributed by atoms with van der Waals surface area (Å²) >= 11 is 0. The molecule has 2 aliphatic rings. The number of sulfonamides is 1. The first kappa shape index (κ1) is 20.1. The molecule has 154 valence electrons. The predicted molar refractivity (Wildman–Crippen MR) is 114 cm³/mol. The maximum Gasteiger partial charge on any atom is 0.233 e. The van der Waals surface area contributed by atoms with Gasteiger partial charge in [-0.25, -0.2) is 8.42 Å². The van der Waals surface area contributed by atoms with Gasteiger partial charge in [0.05, 0.1) is 11.2 Å². The molecule has 2 aromatic carbocycles. The minimum atomic E-state index is -3.38. The first-order chi connectivity index (χ1) is 14.0. The quantitative estimate of drug-likeness (QED) is 0.758. The summed E-state index contributed by atoms with van der Waals surface area (Å²) < 4.78 is 27.1. The van der Waals surface area contributed by atoms with Crippen LogP contribution in [0.5, 0.6) is 0 Å². The number of rotatable bonds is 5. The lowest BCUT2D eigenvalue weighted by atomic mass is 9.77. The van der Waals surface area contributed by atoms with E-state index >= 15 is 0 Å². The van der Waals surface area contributed by atoms with Gasteiger partial charge in [0.15, 0.2) is 0 Å². The molecule has 2 aromatic rings. The van der Waals surface area contributed by atoms with Crippen LogP contribution in [-0.2, 0) is 26.0 Å². The molecule has 0 radical (unpaired) electrons. The first-order valence-corrected chi connectivity index (χ1v) is 12.0. The Labute approximate surface area is 173 Å². The maximum absolute atomic E-state index is 13.5. The number of nitrogens with zero attached hydrogens (tertiary/aromatic N) is 2. The van der Waals surface area contributed by atoms with Gasteiger partial charge in [-0.15, -0.1) is 0 Å². The van der Waals surface area contributed by atoms with Gasteiger partial charge in [0.1, 0.15) is 0 Å². The summed E-state index contributed by atoms with van der Waals surface area (Å²) in [6, 6.07) is 19.3. The fraction of sp³-hybridized carbons (Fsp3) is 0.435. The molecule has 5 nitrogen and oxygen atoms in total. The SMILES string of the molecule is O=C(N1CCN(S(=O)(=O)Cc2ccccc2)CC1)C1(c2ccccc2)CCCC1. The third kappa shape index (κ3) is 4.09. The summed E-state index contributed by atoms with van der Waals surface area (Å²) in [6.45, 7) is 1.65. The lowest BCUT2D eigenvalue weighted by molar-refractivity contribution is -0.138. The zero-order valence-electron chi connectivity index (χ0n) is 16.7. The third-order valence-corrected chi connectivity index (χ3v) is 8.15. The molecule has 0 N–H and O–H groups in total. The average Bonchev–Trinajstić information content (AvgIpc) is 3.26. The molecule has 1 saturated carbocycles. The van der Waals surface area contributed by atoms with Gasteiger partial charge >= 0.3 is 0 Å². The van der Waals surface area contributed by atoms with Gasteiger partial charge in [0, 0.05) is 26.2 Å². The molecule has 0 unspecified atom stereocenters. The largest absolute Gasteiger partial charge is 0.339 e. The maximum atomic E-state index is 13.5. The lowest BCUT2D eigenvalue weighted by Crippen LogP contribution is -2.55. The standard InChI is InChI=1S/C23H28N2O3S/c26-22(23(13-7-8-14-23)21-11-5-2-6-12-21)24-15-17-25(18-16-24)29(27,28)19-20-9-3-1-4-10-20/h1-6,9-12H,7-8,13-19H2. The fourth-order valence-corrected chi connectivity index (χ4v) is 6.23. The average molecular weight is 413 g/mol. The Kier molecular flexibility index (Phi) is 5.74. The highest BCUT2D eigenvalue weighted by Crippen LogP contribution is 2.42. The summed E-state index contributed by atoms with van der Waals surface area (Å²) in [5.41, 5.74) is 1.45. The molecule has 0 bridgehead atoms. The van der Waals surface area contributed by atoms with Gasteiger partial charge in [-0.2, -0.15) is 4.31 Å². The van der Waals surface area contributed by atoms with Crippen molar-refractivity contribution < 1.29 is 13.2 Å². The van der Waals surface area contributed by atoms with Crippen LogP contribution in [0.4, 0.5) is 0 Å². The first-order valence-electron chi connectivity index (χ1n) is 10.4. The van der Waals surface area contributed by atoms with E-state index in [1.54, 1.807) is 0 Å². The molecule has 1 heterocycles. The van der Waals surface area contributed by atoms with Crippen LogP contribution in [0.2, 0.25) is 0 Å². The minimum Gasteiger partial charge on any atom is -0.339 e. The fourth-order valence-electron chi connectivity index (χ4n) is 4.71. The van der Waals surface area contributed by atoms with Crippen molar-refractivity contribution in [3.8, 4) is 0 Å². The molecule has 2 fully saturated rings. The number of hydrogen-bond acceptors (Lipinski definition) is 3. The molecule has 1 aliphatic carbocycles. The molecule has 4 rings (SSSR count). The second-order valence-electron chi connectivity index (χ2n) is 8.09. The van der Waals surface area contributed by atoms with E-state index in [9.17, 15) is 13.2 Å². The van der Waals surface area contributed by atoms with Crippen LogP contribution >= 0.6 is 0 Å². The van der Waals surface area contributed by atoms with Crippen molar-refractivity contribution in [3.05, 3.63) is 71.8 Å². The molecule has 1 aliphatic heterocycles. The van der Waals surface area contributed by atoms with Crippen molar-refractivity contribution in [2.24, 2.45) is 0 Å². The molecule has 1 saturated heterocycles. The second kappa shape index (κ2) is 8.28. The van der Waals surface area contributed by atoms with Crippen LogP contribution in [0.25, 0.3) is 0 Å². The molecule has 1 amide bonds. The van der Waals surface area contributed by atoms with Crippen molar-refractivity contribution in [2.45, 2.75) is 36.9 Å². The number of amides is 1. The van der Waals surface area contributed by atoms with Crippen molar-refractivity contribution in [1.29, 1.82) is 0 Å². The van der Waals surface area contributed by atoms with Gasteiger partial charge in [0.2, 0.25) is 15.9 Å². The van der Waals surface area contributed by atoms with Crippen molar-refractivity contribution in [1.82, 2.24) is 9.21 Å². The lowest BCUT2D eigenvalue weighted by Gasteiger charge is -2.39. The zero-order chi connectivity index (χ0) is 20.3. The monoisotopic (exact) mass is 412 g/mol. The van der Waals surface area contributed by atoms with Crippen LogP contribution in [0, 0.1) is 0 Å². The Bertz CT molecular complexity index is 931. The predicted octanol–water partition coefficient (Wildman–Crippen LogP) is 3.17. The highest BCUT2D eigenvalue weighted by molar-refractivity contribution is 7.88. The summed E-state index contributed by atoms with van der Waals surface area (Å²) in [6.07, 6.45) is 3.88. The zero-order valence-corrected chi connectivity index (χ0v) is 17.5. The van der Waals surface area contributed by atoms with E-state index in [1.807, 2.05) is 53.4 Å². The van der Waals surface area contributed by atoms with Gasteiger partial charge in [0.25, 0.3) is 0 Å². The summed E-state index contributed by atoms with van der Waals surface area (Å²) in [7, 11) is -3.38. The highest BCUT2D eigenvalue weighted by atomic mass is 32.2. The Hall–Kier alpha value is -2.18. The number of hydrogen-bond donors (Lipinski definition) is 0. The Balaban J connectivity index is 1.44. The van der Waals surface area contributed by atoms with E-state index in [-0.39, 0.29) is 11.7 Å². The Morgan fingerprint density at radius 2 is 1.38 bits per heavy atom. The van der Waals surface area contributed by atoms with Crippen molar-refractivity contribution >= 4 is 15.9 Å². The number of carbonyl (C=O) groups excluding carboxylic acids is 1. The van der Waals surface area contributed by atoms with E-state index in [0.29, 0.717) is 26.2 Å². The van der Waals surface area contributed by atoms with Gasteiger partial charge in [-0.1, -0.05) is 73.5 Å². The molecule has 0 aromatic heterocycles. The van der Waals surface area contributed by atoms with Crippen LogP contribution in [0.15, 0.2) is 60.7 Å². The van der Waals surface area contributed by atoms with E-state index in [2.05, 4.69) is 12.1 Å². The van der Waals surface area contributed by atoms with Gasteiger partial charge in [-0.05, 0) is 24.0 Å². The van der Waals surface area contributed by atoms with Crippen molar-refractivity contribution in [2.75, 3.05) is 26.2 Å². The topological polar surface area (TPSA) is 57.7 Å². The van der Waals surface area contributed by atoms with Crippen LogP contribution in [-0.4, -0.2) is 49.7 Å². The summed E-state index contributed by atoms with van der Waals surface area (Å²) in [4.78, 5) is 15.4. The van der Waals surface area contributed by atoms with E-state index < -0.39 is 15.4 Å². The molecule has 0 atom stereocenters. The van der Waals surface area contributed by atoms with Crippen LogP contribution < -0.4 is 0 Å². The normalized spacial score (nSPS) is 19.9. The van der Waals surface area contributed by atoms with E-state index in [4.69, 9.17) is 0 Å². The molecule has 6 heteroatoms. The highest BCUT2D eigenvalue weighted by Gasteiger charge is 2.45. The molecular formula is C23H28N2O3S. The van der Waals surface area contributed by atoms with Gasteiger partial charge in [-0.3, -0.25) is 4.79 Å². The summed E-state index contributed by atoms with van der Waals surface area (Å²) in [5, 5.41) is 0. The Morgan fingerprint density at radius 3 is 1.97 bits per heavy atom. The Morgan fingerprint density at radius 1 is 0.828 bits per heavy atom. The molecule has 29 heavy (non-hydrogen) atoms. The van der Waals surface area contributed by atoms with E-state index in [1.165, 1.54) is 4.31 Å². The van der Waals surface area contributed by atoms with Crippen LogP contribution in [0.3, 0.4) is 0 Å². The summed E-state index contributed by atoms with van der Waals surface area (Å²) in [5.74, 6) is 0.178. The molecule has 0 spiro atoms. The van der Waals surface area contributed by atoms with E-state index in [0.717, 1.165) is 36.8 Å². The smallest absolute Gasteiger partial charge is 0.233 e. The van der Waals surface area contributed by atoms with Crippen molar-refractivity contribution in [3.63, 3.8) is 0 Å². The third-order valence-electron chi connectivity index (χ3n) is 6.30. The van der Waals surface area contributed by atoms with Crippen LogP contribution in [0.1, 0.15) is 36.8 Å². The number of piperazine rings is 1. The second-order valence-corrected chi connectivity index (χ2v) is 10.1. The number of carbonyl (C=O) groups is 1. The number of benzene rings is 2. The minimum absolute atomic E-state index is 0.00966.